The first-order valence-electron chi connectivity index (χ1n) is 11.2. The molecule has 4 heterocycles. The quantitative estimate of drug-likeness (QED) is 0.691. The van der Waals surface area contributed by atoms with Gasteiger partial charge in [0.2, 0.25) is 10.0 Å². The number of amides is 1. The predicted octanol–water partition coefficient (Wildman–Crippen LogP) is 3.75. The second-order valence-electron chi connectivity index (χ2n) is 9.44. The first-order chi connectivity index (χ1) is 15.2. The van der Waals surface area contributed by atoms with E-state index < -0.39 is 10.0 Å². The van der Waals surface area contributed by atoms with Crippen LogP contribution in [0.25, 0.3) is 16.5 Å². The standard InChI is InChI=1S/C23H29N3O5S/c1-23(7-8-23)31-22(27)25-9-3-17(4-10-25)20-14-18-13-19(24-15-21(18)30-20)16-5-11-26(12-6-16)32(2,28)29/h5,13-15,17H,3-4,6-12H2,1-2H3. The van der Waals surface area contributed by atoms with Gasteiger partial charge in [-0.05, 0) is 56.7 Å². The number of carbonyl (C=O) groups is 1. The fourth-order valence-electron chi connectivity index (χ4n) is 4.43. The lowest BCUT2D eigenvalue weighted by Crippen LogP contribution is -2.39. The number of carbonyl (C=O) groups excluding carboxylic acids is 1. The van der Waals surface area contributed by atoms with Gasteiger partial charge in [0.05, 0.1) is 18.1 Å². The fourth-order valence-corrected chi connectivity index (χ4v) is 5.20. The van der Waals surface area contributed by atoms with E-state index in [0.717, 1.165) is 53.7 Å². The summed E-state index contributed by atoms with van der Waals surface area (Å²) in [7, 11) is -3.17. The van der Waals surface area contributed by atoms with Crippen LogP contribution in [0, 0.1) is 0 Å². The van der Waals surface area contributed by atoms with E-state index in [1.807, 2.05) is 19.1 Å². The number of likely N-dealkylation sites (tertiary alicyclic amines) is 1. The minimum absolute atomic E-state index is 0.197. The zero-order valence-corrected chi connectivity index (χ0v) is 19.4. The highest BCUT2D eigenvalue weighted by Crippen LogP contribution is 2.40. The number of piperidine rings is 1. The molecule has 2 aliphatic heterocycles. The second kappa shape index (κ2) is 7.88. The Morgan fingerprint density at radius 2 is 1.97 bits per heavy atom. The van der Waals surface area contributed by atoms with Gasteiger partial charge in [-0.3, -0.25) is 4.98 Å². The van der Waals surface area contributed by atoms with Crippen LogP contribution in [0.5, 0.6) is 0 Å². The zero-order chi connectivity index (χ0) is 22.5. The second-order valence-corrected chi connectivity index (χ2v) is 11.4. The van der Waals surface area contributed by atoms with Crippen LogP contribution in [0.4, 0.5) is 4.79 Å². The molecule has 0 spiro atoms. The van der Waals surface area contributed by atoms with Gasteiger partial charge in [-0.15, -0.1) is 0 Å². The van der Waals surface area contributed by atoms with Crippen LogP contribution in [0.1, 0.15) is 56.4 Å². The molecular formula is C23H29N3O5S. The molecular weight excluding hydrogens is 430 g/mol. The van der Waals surface area contributed by atoms with E-state index in [2.05, 4.69) is 11.1 Å². The molecule has 0 unspecified atom stereocenters. The monoisotopic (exact) mass is 459 g/mol. The maximum Gasteiger partial charge on any atom is 0.410 e. The van der Waals surface area contributed by atoms with Gasteiger partial charge in [-0.25, -0.2) is 13.2 Å². The van der Waals surface area contributed by atoms with Crippen molar-refractivity contribution >= 4 is 32.7 Å². The lowest BCUT2D eigenvalue weighted by atomic mass is 9.94. The summed E-state index contributed by atoms with van der Waals surface area (Å²) < 4.78 is 36.6. The molecule has 0 aromatic carbocycles. The van der Waals surface area contributed by atoms with Crippen LogP contribution in [0.15, 0.2) is 28.8 Å². The number of sulfonamides is 1. The lowest BCUT2D eigenvalue weighted by molar-refractivity contribution is 0.0514. The number of rotatable bonds is 4. The molecule has 172 valence electrons. The molecule has 0 radical (unpaired) electrons. The summed E-state index contributed by atoms with van der Waals surface area (Å²) >= 11 is 0. The summed E-state index contributed by atoms with van der Waals surface area (Å²) in [5.74, 6) is 1.20. The molecule has 1 aliphatic carbocycles. The third kappa shape index (κ3) is 4.41. The fraction of sp³-hybridized carbons (Fsp3) is 0.565. The molecule has 0 N–H and O–H groups in total. The summed E-state index contributed by atoms with van der Waals surface area (Å²) in [6.45, 7) is 4.18. The van der Waals surface area contributed by atoms with Crippen molar-refractivity contribution in [3.8, 4) is 0 Å². The highest BCUT2D eigenvalue weighted by atomic mass is 32.2. The lowest BCUT2D eigenvalue weighted by Gasteiger charge is -2.31. The molecule has 3 aliphatic rings. The van der Waals surface area contributed by atoms with Gasteiger partial charge < -0.3 is 14.1 Å². The number of hydrogen-bond acceptors (Lipinski definition) is 6. The summed E-state index contributed by atoms with van der Waals surface area (Å²) in [6, 6.07) is 4.10. The van der Waals surface area contributed by atoms with Gasteiger partial charge in [0.1, 0.15) is 11.4 Å². The number of hydrogen-bond donors (Lipinski definition) is 0. The van der Waals surface area contributed by atoms with Gasteiger partial charge in [0.15, 0.2) is 5.58 Å². The molecule has 1 saturated heterocycles. The van der Waals surface area contributed by atoms with E-state index in [1.165, 1.54) is 10.6 Å². The van der Waals surface area contributed by atoms with Crippen LogP contribution in [-0.4, -0.2) is 66.7 Å². The minimum atomic E-state index is -3.17. The average Bonchev–Trinajstić information content (AvgIpc) is 3.34. The van der Waals surface area contributed by atoms with Crippen molar-refractivity contribution in [2.75, 3.05) is 32.4 Å². The van der Waals surface area contributed by atoms with Crippen LogP contribution in [0.2, 0.25) is 0 Å². The van der Waals surface area contributed by atoms with Gasteiger partial charge in [0, 0.05) is 37.5 Å². The number of furan rings is 1. The van der Waals surface area contributed by atoms with Gasteiger partial charge >= 0.3 is 6.09 Å². The molecule has 32 heavy (non-hydrogen) atoms. The summed E-state index contributed by atoms with van der Waals surface area (Å²) in [5, 5.41) is 1.000. The molecule has 5 rings (SSSR count). The molecule has 8 nitrogen and oxygen atoms in total. The SMILES string of the molecule is CC1(OC(=O)N2CCC(c3cc4cc(C5=CCN(S(C)(=O)=O)CC5)ncc4o3)CC2)CC1. The third-order valence-electron chi connectivity index (χ3n) is 6.84. The zero-order valence-electron chi connectivity index (χ0n) is 18.5. The van der Waals surface area contributed by atoms with E-state index in [0.29, 0.717) is 32.6 Å². The topological polar surface area (TPSA) is 93.0 Å². The average molecular weight is 460 g/mol. The number of aromatic nitrogens is 1. The van der Waals surface area contributed by atoms with Crippen LogP contribution < -0.4 is 0 Å². The van der Waals surface area contributed by atoms with Crippen molar-refractivity contribution in [2.24, 2.45) is 0 Å². The molecule has 2 fully saturated rings. The summed E-state index contributed by atoms with van der Waals surface area (Å²) in [4.78, 5) is 18.7. The number of ether oxygens (including phenoxy) is 1. The van der Waals surface area contributed by atoms with Crippen molar-refractivity contribution < 1.29 is 22.4 Å². The highest BCUT2D eigenvalue weighted by molar-refractivity contribution is 7.88. The van der Waals surface area contributed by atoms with Crippen molar-refractivity contribution in [3.05, 3.63) is 35.9 Å². The first kappa shape index (κ1) is 21.5. The largest absolute Gasteiger partial charge is 0.459 e. The van der Waals surface area contributed by atoms with Crippen LogP contribution in [0.3, 0.4) is 0 Å². The number of fused-ring (bicyclic) bond motifs is 1. The summed E-state index contributed by atoms with van der Waals surface area (Å²) in [6.07, 6.45) is 8.98. The smallest absolute Gasteiger partial charge is 0.410 e. The minimum Gasteiger partial charge on any atom is -0.459 e. The Morgan fingerprint density at radius 1 is 1.22 bits per heavy atom. The Kier molecular flexibility index (Phi) is 5.28. The first-order valence-corrected chi connectivity index (χ1v) is 13.1. The van der Waals surface area contributed by atoms with E-state index in [4.69, 9.17) is 9.15 Å². The maximum atomic E-state index is 12.3. The van der Waals surface area contributed by atoms with Crippen molar-refractivity contribution in [1.29, 1.82) is 0 Å². The molecule has 1 saturated carbocycles. The highest BCUT2D eigenvalue weighted by Gasteiger charge is 2.43. The van der Waals surface area contributed by atoms with E-state index in [1.54, 1.807) is 11.1 Å². The van der Waals surface area contributed by atoms with Gasteiger partial charge in [-0.1, -0.05) is 6.08 Å². The number of nitrogens with zero attached hydrogens (tertiary/aromatic N) is 3. The Bertz CT molecular complexity index is 1170. The van der Waals surface area contributed by atoms with E-state index in [-0.39, 0.29) is 17.6 Å². The molecule has 0 atom stereocenters. The summed E-state index contributed by atoms with van der Waals surface area (Å²) in [5.41, 5.74) is 2.44. The maximum absolute atomic E-state index is 12.3. The van der Waals surface area contributed by atoms with Crippen molar-refractivity contribution in [1.82, 2.24) is 14.2 Å². The van der Waals surface area contributed by atoms with Crippen LogP contribution >= 0.6 is 0 Å². The van der Waals surface area contributed by atoms with Crippen LogP contribution in [-0.2, 0) is 14.8 Å². The Labute approximate surface area is 188 Å². The van der Waals surface area contributed by atoms with Crippen molar-refractivity contribution in [2.45, 2.75) is 50.5 Å². The molecule has 2 aromatic heterocycles. The van der Waals surface area contributed by atoms with E-state index in [9.17, 15) is 13.2 Å². The molecule has 0 bridgehead atoms. The van der Waals surface area contributed by atoms with Gasteiger partial charge in [-0.2, -0.15) is 4.31 Å². The third-order valence-corrected chi connectivity index (χ3v) is 8.11. The molecule has 9 heteroatoms. The van der Waals surface area contributed by atoms with Gasteiger partial charge in [0.25, 0.3) is 0 Å². The van der Waals surface area contributed by atoms with E-state index >= 15 is 0 Å². The normalized spacial score (nSPS) is 22.1. The molecule has 1 amide bonds. The molecule has 2 aromatic rings. The Hall–Kier alpha value is -2.39. The Morgan fingerprint density at radius 3 is 2.59 bits per heavy atom. The Balaban J connectivity index is 1.25. The number of pyridine rings is 1. The van der Waals surface area contributed by atoms with Crippen molar-refractivity contribution in [3.63, 3.8) is 0 Å². The predicted molar refractivity (Wildman–Crippen MR) is 121 cm³/mol.